The van der Waals surface area contributed by atoms with Crippen molar-refractivity contribution in [1.29, 1.82) is 0 Å². The molecule has 0 amide bonds. The molecule has 0 aliphatic rings. The van der Waals surface area contributed by atoms with Gasteiger partial charge in [0.15, 0.2) is 11.5 Å². The number of aliphatic hydroxyl groups is 1. The topological polar surface area (TPSA) is 86.2 Å². The Balaban J connectivity index is 2.38. The zero-order valence-corrected chi connectivity index (χ0v) is 18.9. The van der Waals surface area contributed by atoms with Gasteiger partial charge < -0.3 is 29.4 Å². The van der Waals surface area contributed by atoms with Gasteiger partial charge in [0.2, 0.25) is 5.75 Å². The fraction of sp³-hybridized carbons (Fsp3) is 0.458. The monoisotopic (exact) mass is 431 g/mol. The summed E-state index contributed by atoms with van der Waals surface area (Å²) >= 11 is 0. The summed E-state index contributed by atoms with van der Waals surface area (Å²) in [6.07, 6.45) is 0.336. The van der Waals surface area contributed by atoms with E-state index in [1.54, 1.807) is 18.2 Å². The highest BCUT2D eigenvalue weighted by atomic mass is 16.5. The van der Waals surface area contributed by atoms with Crippen LogP contribution in [0, 0.1) is 0 Å². The third-order valence-electron chi connectivity index (χ3n) is 4.89. The van der Waals surface area contributed by atoms with Crippen molar-refractivity contribution < 1.29 is 28.8 Å². The van der Waals surface area contributed by atoms with Crippen molar-refractivity contribution in [2.24, 2.45) is 0 Å². The number of methoxy groups -OCH3 is 3. The van der Waals surface area contributed by atoms with E-state index in [9.17, 15) is 9.90 Å². The normalized spacial score (nSPS) is 12.7. The lowest BCUT2D eigenvalue weighted by Crippen LogP contribution is -2.32. The average molecular weight is 432 g/mol. The van der Waals surface area contributed by atoms with Crippen LogP contribution in [-0.2, 0) is 4.79 Å². The Morgan fingerprint density at radius 2 is 1.68 bits per heavy atom. The van der Waals surface area contributed by atoms with Crippen molar-refractivity contribution in [1.82, 2.24) is 5.32 Å². The second kappa shape index (κ2) is 12.2. The molecule has 2 aromatic rings. The molecular formula is C24H33NO6. The van der Waals surface area contributed by atoms with E-state index in [2.05, 4.69) is 12.2 Å². The van der Waals surface area contributed by atoms with Gasteiger partial charge >= 0.3 is 0 Å². The molecule has 0 aliphatic heterocycles. The second-order valence-electron chi connectivity index (χ2n) is 7.21. The maximum absolute atomic E-state index is 12.7. The van der Waals surface area contributed by atoms with Crippen LogP contribution in [0.1, 0.15) is 37.3 Å². The first-order valence-corrected chi connectivity index (χ1v) is 10.4. The number of carbonyl (C=O) groups excluding carboxylic acids is 1. The van der Waals surface area contributed by atoms with E-state index in [0.717, 1.165) is 13.0 Å². The van der Waals surface area contributed by atoms with Gasteiger partial charge in [-0.3, -0.25) is 4.79 Å². The fourth-order valence-corrected chi connectivity index (χ4v) is 3.44. The van der Waals surface area contributed by atoms with Gasteiger partial charge in [-0.05, 0) is 43.7 Å². The van der Waals surface area contributed by atoms with Crippen LogP contribution in [-0.4, -0.2) is 58.0 Å². The average Bonchev–Trinajstić information content (AvgIpc) is 2.77. The van der Waals surface area contributed by atoms with E-state index in [1.165, 1.54) is 28.3 Å². The van der Waals surface area contributed by atoms with Crippen LogP contribution >= 0.6 is 0 Å². The molecule has 0 fully saturated rings. The minimum Gasteiger partial charge on any atom is -0.493 e. The summed E-state index contributed by atoms with van der Waals surface area (Å²) in [6, 6.07) is 10.9. The number of aliphatic hydroxyl groups excluding tert-OH is 1. The minimum atomic E-state index is -0.656. The molecule has 2 aromatic carbocycles. The van der Waals surface area contributed by atoms with Gasteiger partial charge in [0.1, 0.15) is 24.2 Å². The Hall–Kier alpha value is -2.77. The highest BCUT2D eigenvalue weighted by Gasteiger charge is 2.26. The molecule has 0 aliphatic carbocycles. The summed E-state index contributed by atoms with van der Waals surface area (Å²) in [5.41, 5.74) is 1.40. The summed E-state index contributed by atoms with van der Waals surface area (Å²) in [5.74, 6) is 1.29. The molecule has 0 saturated carbocycles. The van der Waals surface area contributed by atoms with Crippen molar-refractivity contribution in [3.8, 4) is 23.0 Å². The Bertz CT molecular complexity index is 829. The lowest BCUT2D eigenvalue weighted by Gasteiger charge is -2.22. The number of hydrogen-bond acceptors (Lipinski definition) is 7. The molecule has 7 nitrogen and oxygen atoms in total. The maximum Gasteiger partial charge on any atom is 0.203 e. The zero-order chi connectivity index (χ0) is 22.8. The van der Waals surface area contributed by atoms with Crippen molar-refractivity contribution in [2.45, 2.75) is 32.3 Å². The molecule has 0 aromatic heterocycles. The summed E-state index contributed by atoms with van der Waals surface area (Å²) < 4.78 is 22.2. The zero-order valence-electron chi connectivity index (χ0n) is 18.9. The lowest BCUT2D eigenvalue weighted by molar-refractivity contribution is -0.117. The number of ketones is 1. The summed E-state index contributed by atoms with van der Waals surface area (Å²) in [6.45, 7) is 5.00. The minimum absolute atomic E-state index is 0.0597. The first kappa shape index (κ1) is 24.5. The molecule has 2 atom stereocenters. The van der Waals surface area contributed by atoms with E-state index in [0.29, 0.717) is 40.7 Å². The molecule has 31 heavy (non-hydrogen) atoms. The van der Waals surface area contributed by atoms with Gasteiger partial charge in [0, 0.05) is 12.1 Å². The first-order chi connectivity index (χ1) is 15.0. The number of benzene rings is 2. The standard InChI is InChI=1S/C24H33NO6/c1-6-11-25-14-18(27)15-31-20-10-8-7-9-19(20)23(16(2)26)17-12-21(28-3)24(30-5)22(13-17)29-4/h7-10,12-13,18,23,25,27H,6,11,14-15H2,1-5H3. The summed E-state index contributed by atoms with van der Waals surface area (Å²) in [7, 11) is 4.61. The van der Waals surface area contributed by atoms with Crippen LogP contribution in [0.15, 0.2) is 36.4 Å². The number of rotatable bonds is 13. The van der Waals surface area contributed by atoms with Gasteiger partial charge in [0.25, 0.3) is 0 Å². The summed E-state index contributed by atoms with van der Waals surface area (Å²) in [4.78, 5) is 12.7. The van der Waals surface area contributed by atoms with E-state index in [4.69, 9.17) is 18.9 Å². The molecule has 2 rings (SSSR count). The van der Waals surface area contributed by atoms with Crippen LogP contribution in [0.4, 0.5) is 0 Å². The Morgan fingerprint density at radius 3 is 2.23 bits per heavy atom. The number of hydrogen-bond donors (Lipinski definition) is 2. The van der Waals surface area contributed by atoms with Crippen LogP contribution in [0.5, 0.6) is 23.0 Å². The van der Waals surface area contributed by atoms with E-state index < -0.39 is 12.0 Å². The molecule has 2 N–H and O–H groups in total. The van der Waals surface area contributed by atoms with Gasteiger partial charge in [-0.15, -0.1) is 0 Å². The largest absolute Gasteiger partial charge is 0.493 e. The smallest absolute Gasteiger partial charge is 0.203 e. The van der Waals surface area contributed by atoms with Gasteiger partial charge in [-0.2, -0.15) is 0 Å². The quantitative estimate of drug-likeness (QED) is 0.471. The molecule has 170 valence electrons. The van der Waals surface area contributed by atoms with Gasteiger partial charge in [-0.1, -0.05) is 25.1 Å². The Morgan fingerprint density at radius 1 is 1.03 bits per heavy atom. The molecule has 7 heteroatoms. The van der Waals surface area contributed by atoms with Crippen molar-refractivity contribution in [3.63, 3.8) is 0 Å². The highest BCUT2D eigenvalue weighted by molar-refractivity contribution is 5.88. The highest BCUT2D eigenvalue weighted by Crippen LogP contribution is 2.42. The molecule has 0 heterocycles. The van der Waals surface area contributed by atoms with Crippen molar-refractivity contribution >= 4 is 5.78 Å². The Labute approximate surface area is 184 Å². The van der Waals surface area contributed by atoms with Gasteiger partial charge in [0.05, 0.1) is 27.2 Å². The molecule has 0 saturated heterocycles. The van der Waals surface area contributed by atoms with Crippen LogP contribution < -0.4 is 24.3 Å². The third-order valence-corrected chi connectivity index (χ3v) is 4.89. The van der Waals surface area contributed by atoms with Crippen LogP contribution in [0.2, 0.25) is 0 Å². The number of carbonyl (C=O) groups is 1. The van der Waals surface area contributed by atoms with E-state index >= 15 is 0 Å². The number of Topliss-reactive ketones (excluding diaryl/α,β-unsaturated/α-hetero) is 1. The second-order valence-corrected chi connectivity index (χ2v) is 7.21. The van der Waals surface area contributed by atoms with Gasteiger partial charge in [-0.25, -0.2) is 0 Å². The van der Waals surface area contributed by atoms with E-state index in [1.807, 2.05) is 18.2 Å². The first-order valence-electron chi connectivity index (χ1n) is 10.4. The third kappa shape index (κ3) is 6.35. The number of para-hydroxylation sites is 1. The Kier molecular flexibility index (Phi) is 9.62. The van der Waals surface area contributed by atoms with Crippen LogP contribution in [0.3, 0.4) is 0 Å². The summed E-state index contributed by atoms with van der Waals surface area (Å²) in [5, 5.41) is 13.4. The number of nitrogens with one attached hydrogen (secondary N) is 1. The SMILES string of the molecule is CCCNCC(O)COc1ccccc1C(C(C)=O)c1cc(OC)c(OC)c(OC)c1. The lowest BCUT2D eigenvalue weighted by atomic mass is 9.87. The van der Waals surface area contributed by atoms with Crippen molar-refractivity contribution in [3.05, 3.63) is 47.5 Å². The van der Waals surface area contributed by atoms with Crippen molar-refractivity contribution in [2.75, 3.05) is 41.0 Å². The fourth-order valence-electron chi connectivity index (χ4n) is 3.44. The predicted octanol–water partition coefficient (Wildman–Crippen LogP) is 3.17. The molecule has 0 bridgehead atoms. The molecule has 0 spiro atoms. The van der Waals surface area contributed by atoms with E-state index in [-0.39, 0.29) is 12.4 Å². The molecule has 0 radical (unpaired) electrons. The molecule has 2 unspecified atom stereocenters. The predicted molar refractivity (Wildman–Crippen MR) is 120 cm³/mol. The molecular weight excluding hydrogens is 398 g/mol. The number of ether oxygens (including phenoxy) is 4. The maximum atomic E-state index is 12.7. The van der Waals surface area contributed by atoms with Crippen LogP contribution in [0.25, 0.3) is 0 Å².